The number of rotatable bonds is 8. The number of carbonyl (C=O) groups is 2. The van der Waals surface area contributed by atoms with Gasteiger partial charge in [-0.25, -0.2) is 4.79 Å². The van der Waals surface area contributed by atoms with Gasteiger partial charge in [0.2, 0.25) is 0 Å². The first-order valence-corrected chi connectivity index (χ1v) is 8.12. The molecule has 0 radical (unpaired) electrons. The lowest BCUT2D eigenvalue weighted by Crippen LogP contribution is -2.20. The maximum atomic E-state index is 12.1. The van der Waals surface area contributed by atoms with Crippen LogP contribution in [0.25, 0.3) is 0 Å². The number of ether oxygens (including phenoxy) is 3. The molecule has 8 nitrogen and oxygen atoms in total. The zero-order chi connectivity index (χ0) is 19.6. The number of nitrogens with zero attached hydrogens (tertiary/aromatic N) is 1. The molecule has 0 bridgehead atoms. The molecule has 2 rings (SSSR count). The van der Waals surface area contributed by atoms with Gasteiger partial charge in [-0.1, -0.05) is 5.16 Å². The zero-order valence-corrected chi connectivity index (χ0v) is 15.0. The third-order valence-electron chi connectivity index (χ3n) is 3.43. The van der Waals surface area contributed by atoms with Crippen LogP contribution in [0.2, 0.25) is 0 Å². The van der Waals surface area contributed by atoms with E-state index in [1.54, 1.807) is 49.4 Å². The number of oxime groups is 1. The van der Waals surface area contributed by atoms with Gasteiger partial charge in [0.15, 0.2) is 18.1 Å². The molecule has 2 N–H and O–H groups in total. The fourth-order valence-corrected chi connectivity index (χ4v) is 2.19. The van der Waals surface area contributed by atoms with Crippen molar-refractivity contribution < 1.29 is 29.0 Å². The van der Waals surface area contributed by atoms with E-state index in [0.717, 1.165) is 0 Å². The van der Waals surface area contributed by atoms with Crippen molar-refractivity contribution in [2.45, 2.75) is 6.92 Å². The number of methoxy groups -OCH3 is 1. The van der Waals surface area contributed by atoms with Gasteiger partial charge < -0.3 is 24.7 Å². The van der Waals surface area contributed by atoms with Crippen LogP contribution in [0.15, 0.2) is 47.6 Å². The Labute approximate surface area is 156 Å². The molecule has 27 heavy (non-hydrogen) atoms. The number of hydrogen-bond acceptors (Lipinski definition) is 7. The largest absolute Gasteiger partial charge is 0.493 e. The highest BCUT2D eigenvalue weighted by molar-refractivity contribution is 5.93. The molecule has 0 heterocycles. The minimum atomic E-state index is -0.416. The predicted octanol–water partition coefficient (Wildman–Crippen LogP) is 2.70. The monoisotopic (exact) mass is 372 g/mol. The summed E-state index contributed by atoms with van der Waals surface area (Å²) in [5.41, 5.74) is 1.55. The number of carbonyl (C=O) groups excluding carboxylic acids is 2. The van der Waals surface area contributed by atoms with Gasteiger partial charge in [-0.15, -0.1) is 0 Å². The van der Waals surface area contributed by atoms with Gasteiger partial charge in [0.25, 0.3) is 5.91 Å². The standard InChI is InChI=1S/C19H20N2O6/c1-3-26-19(23)14-5-7-15(8-6-14)21-18(22)12-27-16-9-4-13(11-20-24)10-17(16)25-2/h4-11,24H,3,12H2,1-2H3,(H,21,22). The molecule has 0 aliphatic carbocycles. The van der Waals surface area contributed by atoms with Crippen LogP contribution in [0.4, 0.5) is 5.69 Å². The van der Waals surface area contributed by atoms with Gasteiger partial charge in [-0.3, -0.25) is 4.79 Å². The molecule has 0 fully saturated rings. The van der Waals surface area contributed by atoms with E-state index in [9.17, 15) is 9.59 Å². The SMILES string of the molecule is CCOC(=O)c1ccc(NC(=O)COc2ccc(C=NO)cc2OC)cc1. The van der Waals surface area contributed by atoms with Gasteiger partial charge in [0.05, 0.1) is 25.5 Å². The first-order valence-electron chi connectivity index (χ1n) is 8.12. The van der Waals surface area contributed by atoms with Crippen molar-refractivity contribution in [1.82, 2.24) is 0 Å². The highest BCUT2D eigenvalue weighted by Gasteiger charge is 2.10. The molecule has 0 aliphatic rings. The molecule has 2 aromatic carbocycles. The molecule has 142 valence electrons. The number of nitrogens with one attached hydrogen (secondary N) is 1. The normalized spacial score (nSPS) is 10.4. The number of benzene rings is 2. The molecule has 1 amide bonds. The van der Waals surface area contributed by atoms with Crippen molar-refractivity contribution in [1.29, 1.82) is 0 Å². The predicted molar refractivity (Wildman–Crippen MR) is 98.9 cm³/mol. The van der Waals surface area contributed by atoms with Gasteiger partial charge in [0, 0.05) is 11.3 Å². The van der Waals surface area contributed by atoms with Crippen LogP contribution in [-0.4, -0.2) is 43.6 Å². The van der Waals surface area contributed by atoms with Crippen molar-refractivity contribution in [3.63, 3.8) is 0 Å². The first kappa shape index (κ1) is 19.8. The summed E-state index contributed by atoms with van der Waals surface area (Å²) in [4.78, 5) is 23.7. The average molecular weight is 372 g/mol. The van der Waals surface area contributed by atoms with Crippen LogP contribution in [0, 0.1) is 0 Å². The second-order valence-corrected chi connectivity index (χ2v) is 5.29. The maximum Gasteiger partial charge on any atom is 0.338 e. The minimum Gasteiger partial charge on any atom is -0.493 e. The third kappa shape index (κ3) is 5.74. The summed E-state index contributed by atoms with van der Waals surface area (Å²) < 4.78 is 15.6. The summed E-state index contributed by atoms with van der Waals surface area (Å²) in [7, 11) is 1.47. The van der Waals surface area contributed by atoms with Crippen LogP contribution in [-0.2, 0) is 9.53 Å². The minimum absolute atomic E-state index is 0.233. The number of esters is 1. The lowest BCUT2D eigenvalue weighted by Gasteiger charge is -2.11. The average Bonchev–Trinajstić information content (AvgIpc) is 2.68. The molecule has 0 aliphatic heterocycles. The maximum absolute atomic E-state index is 12.1. The number of hydrogen-bond donors (Lipinski definition) is 2. The molecule has 0 saturated heterocycles. The molecule has 0 aromatic heterocycles. The molecule has 0 atom stereocenters. The molecular formula is C19H20N2O6. The Morgan fingerprint density at radius 2 is 1.89 bits per heavy atom. The Morgan fingerprint density at radius 3 is 2.52 bits per heavy atom. The van der Waals surface area contributed by atoms with Gasteiger partial charge in [0.1, 0.15) is 0 Å². The first-order chi connectivity index (χ1) is 13.1. The van der Waals surface area contributed by atoms with E-state index in [1.165, 1.54) is 13.3 Å². The Morgan fingerprint density at radius 1 is 1.15 bits per heavy atom. The number of anilines is 1. The van der Waals surface area contributed by atoms with Crippen LogP contribution < -0.4 is 14.8 Å². The molecular weight excluding hydrogens is 352 g/mol. The highest BCUT2D eigenvalue weighted by atomic mass is 16.5. The van der Waals surface area contributed by atoms with Crippen LogP contribution in [0.1, 0.15) is 22.8 Å². The molecule has 0 spiro atoms. The van der Waals surface area contributed by atoms with Gasteiger partial charge in [-0.2, -0.15) is 0 Å². The summed E-state index contributed by atoms with van der Waals surface area (Å²) >= 11 is 0. The molecule has 8 heteroatoms. The summed E-state index contributed by atoms with van der Waals surface area (Å²) in [5, 5.41) is 14.2. The lowest BCUT2D eigenvalue weighted by atomic mass is 10.2. The fourth-order valence-electron chi connectivity index (χ4n) is 2.19. The highest BCUT2D eigenvalue weighted by Crippen LogP contribution is 2.27. The van der Waals surface area contributed by atoms with E-state index >= 15 is 0 Å². The summed E-state index contributed by atoms with van der Waals surface area (Å²) in [6.07, 6.45) is 1.25. The molecule has 0 unspecified atom stereocenters. The topological polar surface area (TPSA) is 106 Å². The van der Waals surface area contributed by atoms with Crippen molar-refractivity contribution in [2.75, 3.05) is 25.6 Å². The van der Waals surface area contributed by atoms with E-state index in [-0.39, 0.29) is 12.5 Å². The van der Waals surface area contributed by atoms with E-state index in [1.807, 2.05) is 0 Å². The summed E-state index contributed by atoms with van der Waals surface area (Å²) in [6, 6.07) is 11.2. The Balaban J connectivity index is 1.93. The van der Waals surface area contributed by atoms with Crippen molar-refractivity contribution in [3.05, 3.63) is 53.6 Å². The third-order valence-corrected chi connectivity index (χ3v) is 3.43. The fraction of sp³-hybridized carbons (Fsp3) is 0.211. The van der Waals surface area contributed by atoms with Crippen LogP contribution in [0.5, 0.6) is 11.5 Å². The van der Waals surface area contributed by atoms with Gasteiger partial charge >= 0.3 is 5.97 Å². The quantitative estimate of drug-likeness (QED) is 0.319. The van der Waals surface area contributed by atoms with E-state index in [0.29, 0.717) is 34.9 Å². The van der Waals surface area contributed by atoms with Crippen molar-refractivity contribution in [2.24, 2.45) is 5.16 Å². The number of amides is 1. The zero-order valence-electron chi connectivity index (χ0n) is 15.0. The summed E-state index contributed by atoms with van der Waals surface area (Å²) in [5.74, 6) is -0.0122. The van der Waals surface area contributed by atoms with Gasteiger partial charge in [-0.05, 0) is 49.4 Å². The lowest BCUT2D eigenvalue weighted by molar-refractivity contribution is -0.118. The Hall–Kier alpha value is -3.55. The second-order valence-electron chi connectivity index (χ2n) is 5.29. The van der Waals surface area contributed by atoms with E-state index in [4.69, 9.17) is 19.4 Å². The van der Waals surface area contributed by atoms with Crippen LogP contribution >= 0.6 is 0 Å². The van der Waals surface area contributed by atoms with E-state index in [2.05, 4.69) is 10.5 Å². The Kier molecular flexibility index (Phi) is 7.18. The smallest absolute Gasteiger partial charge is 0.338 e. The second kappa shape index (κ2) is 9.81. The van der Waals surface area contributed by atoms with E-state index < -0.39 is 5.97 Å². The molecule has 2 aromatic rings. The Bertz CT molecular complexity index is 817. The van der Waals surface area contributed by atoms with Crippen LogP contribution in [0.3, 0.4) is 0 Å². The van der Waals surface area contributed by atoms with Crippen molar-refractivity contribution in [3.8, 4) is 11.5 Å². The van der Waals surface area contributed by atoms with Crippen molar-refractivity contribution >= 4 is 23.8 Å². The molecule has 0 saturated carbocycles. The summed E-state index contributed by atoms with van der Waals surface area (Å²) in [6.45, 7) is 1.80.